The fourth-order valence-corrected chi connectivity index (χ4v) is 2.12. The molecule has 4 N–H and O–H groups in total. The van der Waals surface area contributed by atoms with Crippen LogP contribution < -0.4 is 11.3 Å². The number of aromatic amines is 2. The second-order valence-electron chi connectivity index (χ2n) is 4.33. The summed E-state index contributed by atoms with van der Waals surface area (Å²) in [6.45, 7) is 2.81. The van der Waals surface area contributed by atoms with Crippen LogP contribution in [-0.2, 0) is 4.74 Å². The van der Waals surface area contributed by atoms with Gasteiger partial charge >= 0.3 is 0 Å². The molecular weight excluding hydrogens is 222 g/mol. The van der Waals surface area contributed by atoms with Crippen molar-refractivity contribution in [3.05, 3.63) is 16.2 Å². The van der Waals surface area contributed by atoms with Crippen LogP contribution in [0.2, 0.25) is 0 Å². The lowest BCUT2D eigenvalue weighted by Crippen LogP contribution is -2.11. The quantitative estimate of drug-likeness (QED) is 0.659. The van der Waals surface area contributed by atoms with Gasteiger partial charge in [-0.05, 0) is 12.3 Å². The Kier molecular flexibility index (Phi) is 2.15. The molecule has 2 aromatic heterocycles. The summed E-state index contributed by atoms with van der Waals surface area (Å²) in [5.41, 5.74) is 5.84. The van der Waals surface area contributed by atoms with Gasteiger partial charge in [0.25, 0.3) is 5.56 Å². The Labute approximate surface area is 96.4 Å². The molecule has 7 heteroatoms. The number of aromatic nitrogens is 4. The first-order chi connectivity index (χ1) is 8.15. The summed E-state index contributed by atoms with van der Waals surface area (Å²) in [6.07, 6.45) is 0.901. The van der Waals surface area contributed by atoms with Gasteiger partial charge in [-0.3, -0.25) is 9.78 Å². The Morgan fingerprint density at radius 3 is 2.94 bits per heavy atom. The largest absolute Gasteiger partial charge is 0.370 e. The van der Waals surface area contributed by atoms with E-state index in [9.17, 15) is 4.79 Å². The van der Waals surface area contributed by atoms with E-state index in [0.717, 1.165) is 13.0 Å². The number of anilines is 1. The first kappa shape index (κ1) is 10.3. The summed E-state index contributed by atoms with van der Waals surface area (Å²) >= 11 is 0. The Bertz CT molecular complexity index is 617. The highest BCUT2D eigenvalue weighted by molar-refractivity contribution is 5.70. The van der Waals surface area contributed by atoms with E-state index in [1.54, 1.807) is 0 Å². The zero-order valence-corrected chi connectivity index (χ0v) is 9.36. The molecule has 0 aliphatic carbocycles. The Morgan fingerprint density at radius 1 is 1.41 bits per heavy atom. The highest BCUT2D eigenvalue weighted by Gasteiger charge is 2.29. The van der Waals surface area contributed by atoms with Gasteiger partial charge < -0.3 is 15.5 Å². The monoisotopic (exact) mass is 235 g/mol. The third kappa shape index (κ3) is 1.59. The zero-order chi connectivity index (χ0) is 12.0. The maximum absolute atomic E-state index is 11.6. The van der Waals surface area contributed by atoms with Crippen LogP contribution in [0.25, 0.3) is 11.2 Å². The number of fused-ring (bicyclic) bond motifs is 1. The van der Waals surface area contributed by atoms with Crippen molar-refractivity contribution in [2.75, 3.05) is 12.3 Å². The number of nitrogen functional groups attached to an aromatic ring is 1. The van der Waals surface area contributed by atoms with E-state index in [1.807, 2.05) is 0 Å². The van der Waals surface area contributed by atoms with Crippen molar-refractivity contribution in [1.29, 1.82) is 0 Å². The van der Waals surface area contributed by atoms with Gasteiger partial charge in [-0.15, -0.1) is 0 Å². The molecule has 0 saturated carbocycles. The molecule has 3 heterocycles. The molecule has 1 fully saturated rings. The van der Waals surface area contributed by atoms with Gasteiger partial charge in [-0.2, -0.15) is 4.98 Å². The van der Waals surface area contributed by atoms with E-state index in [4.69, 9.17) is 10.5 Å². The van der Waals surface area contributed by atoms with Gasteiger partial charge in [0.1, 0.15) is 11.9 Å². The number of H-pyrrole nitrogens is 2. The fraction of sp³-hybridized carbons (Fsp3) is 0.500. The SMILES string of the molecule is CC1CCOC1c1nc2nc(N)[nH]c(=O)c2[nH]1. The predicted molar refractivity (Wildman–Crippen MR) is 61.4 cm³/mol. The molecule has 0 radical (unpaired) electrons. The lowest BCUT2D eigenvalue weighted by atomic mass is 10.0. The number of nitrogens with zero attached hydrogens (tertiary/aromatic N) is 2. The van der Waals surface area contributed by atoms with Gasteiger partial charge in [-0.1, -0.05) is 6.92 Å². The summed E-state index contributed by atoms with van der Waals surface area (Å²) in [7, 11) is 0. The summed E-state index contributed by atoms with van der Waals surface area (Å²) in [5, 5.41) is 0. The molecule has 2 unspecified atom stereocenters. The van der Waals surface area contributed by atoms with Gasteiger partial charge in [0, 0.05) is 6.61 Å². The van der Waals surface area contributed by atoms with Crippen LogP contribution in [0.1, 0.15) is 25.3 Å². The van der Waals surface area contributed by atoms with Gasteiger partial charge in [0.2, 0.25) is 5.95 Å². The molecule has 0 aromatic carbocycles. The van der Waals surface area contributed by atoms with Crippen LogP contribution >= 0.6 is 0 Å². The molecule has 7 nitrogen and oxygen atoms in total. The molecule has 0 bridgehead atoms. The minimum absolute atomic E-state index is 0.0703. The minimum Gasteiger partial charge on any atom is -0.370 e. The zero-order valence-electron chi connectivity index (χ0n) is 9.36. The average Bonchev–Trinajstić information content (AvgIpc) is 2.83. The average molecular weight is 235 g/mol. The van der Waals surface area contributed by atoms with Crippen molar-refractivity contribution in [3.8, 4) is 0 Å². The van der Waals surface area contributed by atoms with E-state index in [-0.39, 0.29) is 17.6 Å². The number of hydrogen-bond acceptors (Lipinski definition) is 5. The van der Waals surface area contributed by atoms with E-state index < -0.39 is 0 Å². The first-order valence-electron chi connectivity index (χ1n) is 5.52. The molecular formula is C10H13N5O2. The van der Waals surface area contributed by atoms with Crippen molar-refractivity contribution in [3.63, 3.8) is 0 Å². The predicted octanol–water partition coefficient (Wildman–Crippen LogP) is 0.326. The Balaban J connectivity index is 2.13. The van der Waals surface area contributed by atoms with E-state index in [2.05, 4.69) is 26.9 Å². The molecule has 1 saturated heterocycles. The highest BCUT2D eigenvalue weighted by atomic mass is 16.5. The van der Waals surface area contributed by atoms with E-state index in [0.29, 0.717) is 22.9 Å². The lowest BCUT2D eigenvalue weighted by Gasteiger charge is -2.10. The van der Waals surface area contributed by atoms with Gasteiger partial charge in [0.05, 0.1) is 0 Å². The molecule has 1 aliphatic rings. The maximum atomic E-state index is 11.6. The van der Waals surface area contributed by atoms with Gasteiger partial charge in [-0.25, -0.2) is 4.98 Å². The first-order valence-corrected chi connectivity index (χ1v) is 5.52. The minimum atomic E-state index is -0.308. The smallest absolute Gasteiger partial charge is 0.278 e. The molecule has 0 amide bonds. The number of hydrogen-bond donors (Lipinski definition) is 3. The summed E-state index contributed by atoms with van der Waals surface area (Å²) in [5.74, 6) is 1.10. The number of imidazole rings is 1. The van der Waals surface area contributed by atoms with Crippen LogP contribution in [0.3, 0.4) is 0 Å². The van der Waals surface area contributed by atoms with Crippen LogP contribution in [0.5, 0.6) is 0 Å². The van der Waals surface area contributed by atoms with Crippen LogP contribution in [-0.4, -0.2) is 26.5 Å². The molecule has 0 spiro atoms. The molecule has 1 aliphatic heterocycles. The van der Waals surface area contributed by atoms with Crippen LogP contribution in [0.4, 0.5) is 5.95 Å². The molecule has 3 rings (SSSR count). The summed E-state index contributed by atoms with van der Waals surface area (Å²) < 4.78 is 5.59. The summed E-state index contributed by atoms with van der Waals surface area (Å²) in [4.78, 5) is 25.3. The highest BCUT2D eigenvalue weighted by Crippen LogP contribution is 2.32. The number of nitrogens with two attached hydrogens (primary N) is 1. The number of nitrogens with one attached hydrogen (secondary N) is 2. The Morgan fingerprint density at radius 2 is 2.24 bits per heavy atom. The third-order valence-electron chi connectivity index (χ3n) is 3.05. The standard InChI is InChI=1S/C10H13N5O2/c1-4-2-3-17-6(4)8-12-5-7(13-8)14-10(11)15-9(5)16/h4,6H,2-3H2,1H3,(H4,11,12,13,14,15,16). The second-order valence-corrected chi connectivity index (χ2v) is 4.33. The number of ether oxygens (including phenoxy) is 1. The third-order valence-corrected chi connectivity index (χ3v) is 3.05. The van der Waals surface area contributed by atoms with Crippen molar-refractivity contribution in [1.82, 2.24) is 19.9 Å². The fourth-order valence-electron chi connectivity index (χ4n) is 2.12. The Hall–Kier alpha value is -1.89. The molecule has 17 heavy (non-hydrogen) atoms. The normalized spacial score (nSPS) is 24.5. The molecule has 2 aromatic rings. The second kappa shape index (κ2) is 3.56. The summed E-state index contributed by atoms with van der Waals surface area (Å²) in [6, 6.07) is 0. The lowest BCUT2D eigenvalue weighted by molar-refractivity contribution is 0.0882. The van der Waals surface area contributed by atoms with Gasteiger partial charge in [0.15, 0.2) is 11.2 Å². The van der Waals surface area contributed by atoms with Crippen molar-refractivity contribution in [2.45, 2.75) is 19.4 Å². The van der Waals surface area contributed by atoms with Crippen LogP contribution in [0.15, 0.2) is 4.79 Å². The van der Waals surface area contributed by atoms with E-state index >= 15 is 0 Å². The van der Waals surface area contributed by atoms with Crippen molar-refractivity contribution >= 4 is 17.1 Å². The van der Waals surface area contributed by atoms with E-state index in [1.165, 1.54) is 0 Å². The van der Waals surface area contributed by atoms with Crippen molar-refractivity contribution < 1.29 is 4.74 Å². The molecule has 90 valence electrons. The van der Waals surface area contributed by atoms with Crippen LogP contribution in [0, 0.1) is 5.92 Å². The molecule has 2 atom stereocenters. The maximum Gasteiger partial charge on any atom is 0.278 e. The number of rotatable bonds is 1. The van der Waals surface area contributed by atoms with Crippen molar-refractivity contribution in [2.24, 2.45) is 5.92 Å². The topological polar surface area (TPSA) is 110 Å².